The fourth-order valence-corrected chi connectivity index (χ4v) is 2.06. The van der Waals surface area contributed by atoms with Gasteiger partial charge in [0.25, 0.3) is 5.91 Å². The van der Waals surface area contributed by atoms with E-state index in [4.69, 9.17) is 0 Å². The predicted octanol–water partition coefficient (Wildman–Crippen LogP) is 3.71. The standard InChI is InChI=1S/C14H13BrN2O/c1-9-3-4-13(15)12(7-9)14(18)17-11-5-6-16-10(2)8-11/h3-8H,1-2H3,(H,16,17,18). The fourth-order valence-electron chi connectivity index (χ4n) is 1.63. The Balaban J connectivity index is 2.24. The summed E-state index contributed by atoms with van der Waals surface area (Å²) in [6.45, 7) is 3.85. The van der Waals surface area contributed by atoms with Crippen LogP contribution in [0, 0.1) is 13.8 Å². The molecule has 2 rings (SSSR count). The second kappa shape index (κ2) is 5.31. The van der Waals surface area contributed by atoms with Gasteiger partial charge >= 0.3 is 0 Å². The van der Waals surface area contributed by atoms with Crippen molar-refractivity contribution in [2.24, 2.45) is 0 Å². The number of aromatic nitrogens is 1. The maximum absolute atomic E-state index is 12.1. The maximum atomic E-state index is 12.1. The van der Waals surface area contributed by atoms with Crippen LogP contribution in [0.4, 0.5) is 5.69 Å². The molecule has 0 radical (unpaired) electrons. The molecule has 92 valence electrons. The first kappa shape index (κ1) is 12.8. The summed E-state index contributed by atoms with van der Waals surface area (Å²) >= 11 is 3.39. The average Bonchev–Trinajstić information content (AvgIpc) is 2.32. The number of hydrogen-bond acceptors (Lipinski definition) is 2. The first-order valence-electron chi connectivity index (χ1n) is 5.56. The van der Waals surface area contributed by atoms with E-state index in [9.17, 15) is 4.79 Å². The number of carbonyl (C=O) groups is 1. The fraction of sp³-hybridized carbons (Fsp3) is 0.143. The second-order valence-electron chi connectivity index (χ2n) is 4.12. The molecule has 0 fully saturated rings. The molecule has 0 aliphatic rings. The van der Waals surface area contributed by atoms with Crippen molar-refractivity contribution in [2.75, 3.05) is 5.32 Å². The van der Waals surface area contributed by atoms with E-state index in [1.165, 1.54) is 0 Å². The monoisotopic (exact) mass is 304 g/mol. The zero-order valence-electron chi connectivity index (χ0n) is 10.2. The van der Waals surface area contributed by atoms with Gasteiger partial charge in [0.05, 0.1) is 5.56 Å². The Hall–Kier alpha value is -1.68. The molecule has 2 aromatic rings. The molecule has 18 heavy (non-hydrogen) atoms. The molecule has 1 aromatic heterocycles. The highest BCUT2D eigenvalue weighted by atomic mass is 79.9. The lowest BCUT2D eigenvalue weighted by Gasteiger charge is -2.08. The van der Waals surface area contributed by atoms with E-state index < -0.39 is 0 Å². The number of benzene rings is 1. The van der Waals surface area contributed by atoms with Gasteiger partial charge in [-0.05, 0) is 54.0 Å². The molecule has 1 aromatic carbocycles. The van der Waals surface area contributed by atoms with Crippen molar-refractivity contribution in [3.8, 4) is 0 Å². The Bertz CT molecular complexity index is 596. The quantitative estimate of drug-likeness (QED) is 0.919. The van der Waals surface area contributed by atoms with Gasteiger partial charge in [-0.2, -0.15) is 0 Å². The van der Waals surface area contributed by atoms with Crippen molar-refractivity contribution in [1.82, 2.24) is 4.98 Å². The van der Waals surface area contributed by atoms with Gasteiger partial charge in [-0.1, -0.05) is 11.6 Å². The van der Waals surface area contributed by atoms with Gasteiger partial charge in [-0.15, -0.1) is 0 Å². The topological polar surface area (TPSA) is 42.0 Å². The van der Waals surface area contributed by atoms with Crippen molar-refractivity contribution in [3.05, 3.63) is 57.8 Å². The molecule has 1 heterocycles. The minimum Gasteiger partial charge on any atom is -0.322 e. The molecule has 4 heteroatoms. The highest BCUT2D eigenvalue weighted by molar-refractivity contribution is 9.10. The van der Waals surface area contributed by atoms with Crippen molar-refractivity contribution < 1.29 is 4.79 Å². The summed E-state index contributed by atoms with van der Waals surface area (Å²) in [6, 6.07) is 9.29. The molecular weight excluding hydrogens is 292 g/mol. The van der Waals surface area contributed by atoms with Gasteiger partial charge in [0, 0.05) is 22.1 Å². The van der Waals surface area contributed by atoms with Crippen LogP contribution in [0.3, 0.4) is 0 Å². The molecule has 1 N–H and O–H groups in total. The average molecular weight is 305 g/mol. The van der Waals surface area contributed by atoms with Crippen LogP contribution in [0.15, 0.2) is 41.0 Å². The first-order chi connectivity index (χ1) is 8.56. The lowest BCUT2D eigenvalue weighted by atomic mass is 10.1. The van der Waals surface area contributed by atoms with Crippen molar-refractivity contribution in [2.45, 2.75) is 13.8 Å². The van der Waals surface area contributed by atoms with E-state index in [-0.39, 0.29) is 5.91 Å². The molecule has 3 nitrogen and oxygen atoms in total. The van der Waals surface area contributed by atoms with Crippen molar-refractivity contribution >= 4 is 27.5 Å². The van der Waals surface area contributed by atoms with Gasteiger partial charge in [0.1, 0.15) is 0 Å². The van der Waals surface area contributed by atoms with E-state index >= 15 is 0 Å². The van der Waals surface area contributed by atoms with Crippen LogP contribution >= 0.6 is 15.9 Å². The number of aryl methyl sites for hydroxylation is 2. The Labute approximate surface area is 114 Å². The minimum absolute atomic E-state index is 0.129. The van der Waals surface area contributed by atoms with E-state index in [0.29, 0.717) is 5.56 Å². The van der Waals surface area contributed by atoms with Crippen LogP contribution < -0.4 is 5.32 Å². The van der Waals surface area contributed by atoms with Crippen molar-refractivity contribution in [1.29, 1.82) is 0 Å². The van der Waals surface area contributed by atoms with Crippen molar-refractivity contribution in [3.63, 3.8) is 0 Å². The molecule has 0 atom stereocenters. The minimum atomic E-state index is -0.129. The molecule has 1 amide bonds. The third kappa shape index (κ3) is 2.96. The lowest BCUT2D eigenvalue weighted by molar-refractivity contribution is 0.102. The largest absolute Gasteiger partial charge is 0.322 e. The third-order valence-corrected chi connectivity index (χ3v) is 3.21. The number of halogens is 1. The third-order valence-electron chi connectivity index (χ3n) is 2.52. The van der Waals surface area contributed by atoms with Gasteiger partial charge in [-0.25, -0.2) is 0 Å². The molecule has 0 saturated carbocycles. The molecule has 0 bridgehead atoms. The number of rotatable bonds is 2. The lowest BCUT2D eigenvalue weighted by Crippen LogP contribution is -2.13. The Kier molecular flexibility index (Phi) is 3.77. The SMILES string of the molecule is Cc1ccc(Br)c(C(=O)Nc2ccnc(C)c2)c1. The van der Waals surface area contributed by atoms with Crippen LogP contribution in [0.5, 0.6) is 0 Å². The van der Waals surface area contributed by atoms with Gasteiger partial charge < -0.3 is 5.32 Å². The first-order valence-corrected chi connectivity index (χ1v) is 6.36. The number of pyridine rings is 1. The highest BCUT2D eigenvalue weighted by Gasteiger charge is 2.10. The van der Waals surface area contributed by atoms with Crippen LogP contribution in [-0.4, -0.2) is 10.9 Å². The zero-order valence-corrected chi connectivity index (χ0v) is 11.8. The zero-order chi connectivity index (χ0) is 13.1. The Morgan fingerprint density at radius 2 is 2.00 bits per heavy atom. The van der Waals surface area contributed by atoms with Crippen LogP contribution in [0.25, 0.3) is 0 Å². The predicted molar refractivity (Wildman–Crippen MR) is 75.8 cm³/mol. The maximum Gasteiger partial charge on any atom is 0.256 e. The summed E-state index contributed by atoms with van der Waals surface area (Å²) in [5, 5.41) is 2.86. The van der Waals surface area contributed by atoms with Gasteiger partial charge in [-0.3, -0.25) is 9.78 Å². The normalized spacial score (nSPS) is 10.2. The molecule has 0 aliphatic carbocycles. The van der Waals surface area contributed by atoms with Crippen LogP contribution in [0.1, 0.15) is 21.6 Å². The number of carbonyl (C=O) groups excluding carboxylic acids is 1. The van der Waals surface area contributed by atoms with Crippen LogP contribution in [0.2, 0.25) is 0 Å². The summed E-state index contributed by atoms with van der Waals surface area (Å²) < 4.78 is 0.788. The highest BCUT2D eigenvalue weighted by Crippen LogP contribution is 2.19. The number of nitrogens with zero attached hydrogens (tertiary/aromatic N) is 1. The smallest absolute Gasteiger partial charge is 0.256 e. The molecule has 0 saturated heterocycles. The second-order valence-corrected chi connectivity index (χ2v) is 4.98. The summed E-state index contributed by atoms with van der Waals surface area (Å²) in [4.78, 5) is 16.2. The summed E-state index contributed by atoms with van der Waals surface area (Å²) in [6.07, 6.45) is 1.68. The van der Waals surface area contributed by atoms with E-state index in [1.807, 2.05) is 38.1 Å². The number of hydrogen-bond donors (Lipinski definition) is 1. The van der Waals surface area contributed by atoms with Gasteiger partial charge in [0.15, 0.2) is 0 Å². The molecule has 0 spiro atoms. The Morgan fingerprint density at radius 1 is 1.22 bits per heavy atom. The van der Waals surface area contributed by atoms with E-state index in [1.54, 1.807) is 12.3 Å². The number of anilines is 1. The number of amides is 1. The number of nitrogens with one attached hydrogen (secondary N) is 1. The molecule has 0 unspecified atom stereocenters. The van der Waals surface area contributed by atoms with Gasteiger partial charge in [0.2, 0.25) is 0 Å². The molecular formula is C14H13BrN2O. The summed E-state index contributed by atoms with van der Waals surface area (Å²) in [5.41, 5.74) is 3.30. The summed E-state index contributed by atoms with van der Waals surface area (Å²) in [5.74, 6) is -0.129. The van der Waals surface area contributed by atoms with E-state index in [0.717, 1.165) is 21.4 Å². The van der Waals surface area contributed by atoms with Crippen LogP contribution in [-0.2, 0) is 0 Å². The Morgan fingerprint density at radius 3 is 2.72 bits per heavy atom. The molecule has 0 aliphatic heterocycles. The summed E-state index contributed by atoms with van der Waals surface area (Å²) in [7, 11) is 0. The van der Waals surface area contributed by atoms with E-state index in [2.05, 4.69) is 26.2 Å².